The minimum absolute atomic E-state index is 0.00513. The molecule has 3 aliphatic heterocycles. The van der Waals surface area contributed by atoms with Crippen LogP contribution in [0.25, 0.3) is 0 Å². The van der Waals surface area contributed by atoms with Crippen LogP contribution in [0.2, 0.25) is 0 Å². The highest BCUT2D eigenvalue weighted by Crippen LogP contribution is 2.67. The van der Waals surface area contributed by atoms with Crippen molar-refractivity contribution in [2.75, 3.05) is 19.8 Å². The molecule has 3 saturated heterocycles. The van der Waals surface area contributed by atoms with Gasteiger partial charge in [0.2, 0.25) is 11.8 Å². The molecular weight excluding hydrogens is 488 g/mol. The molecule has 0 aliphatic carbocycles. The SMILES string of the molecule is C=CCCCCOC(=O)[C@@H]1[C@H]2C(=O)N([C@@H](CO)C(C)C)C(C(=O)N(CC=C)C(C)CCC)C23CC[C@H]1S3. The number of carbonyl (C=O) groups is 3. The van der Waals surface area contributed by atoms with Crippen molar-refractivity contribution in [1.82, 2.24) is 9.80 Å². The van der Waals surface area contributed by atoms with Crippen LogP contribution >= 0.6 is 11.8 Å². The Morgan fingerprint density at radius 3 is 2.59 bits per heavy atom. The molecule has 7 atom stereocenters. The number of esters is 1. The zero-order valence-corrected chi connectivity index (χ0v) is 23.9. The number of hydrogen-bond donors (Lipinski definition) is 1. The Kier molecular flexibility index (Phi) is 10.3. The number of fused-ring (bicyclic) bond motifs is 1. The molecular formula is C29H46N2O5S. The van der Waals surface area contributed by atoms with Gasteiger partial charge in [0.1, 0.15) is 6.04 Å². The molecule has 3 unspecified atom stereocenters. The number of allylic oxidation sites excluding steroid dienone is 1. The van der Waals surface area contributed by atoms with Gasteiger partial charge in [0.05, 0.1) is 35.8 Å². The van der Waals surface area contributed by atoms with Crippen LogP contribution in [0.15, 0.2) is 25.3 Å². The molecule has 3 fully saturated rings. The highest BCUT2D eigenvalue weighted by molar-refractivity contribution is 8.02. The average molecular weight is 535 g/mol. The summed E-state index contributed by atoms with van der Waals surface area (Å²) in [5.41, 5.74) is 0. The van der Waals surface area contributed by atoms with Gasteiger partial charge >= 0.3 is 5.97 Å². The molecule has 1 spiro atoms. The van der Waals surface area contributed by atoms with Crippen LogP contribution in [-0.2, 0) is 19.1 Å². The number of amides is 2. The van der Waals surface area contributed by atoms with Crippen molar-refractivity contribution in [1.29, 1.82) is 0 Å². The molecule has 0 aromatic carbocycles. The predicted octanol–water partition coefficient (Wildman–Crippen LogP) is 4.20. The standard InChI is InChI=1S/C29H46N2O5S/c1-7-10-11-12-17-36-28(35)23-22-14-15-29(37-22)24(23)26(33)31(21(18-32)19(4)5)25(29)27(34)30(16-9-3)20(6)13-8-2/h7,9,19-25,32H,1,3,8,10-18H2,2,4-6H3/t20?,21-,22+,23-,24-,25?,29?/m0/s1. The Hall–Kier alpha value is -1.80. The maximum absolute atomic E-state index is 14.4. The fourth-order valence-electron chi connectivity index (χ4n) is 6.63. The smallest absolute Gasteiger partial charge is 0.310 e. The van der Waals surface area contributed by atoms with E-state index in [1.165, 1.54) is 0 Å². The Bertz CT molecular complexity index is 863. The number of thioether (sulfide) groups is 1. The highest BCUT2D eigenvalue weighted by atomic mass is 32.2. The topological polar surface area (TPSA) is 87.1 Å². The molecule has 0 saturated carbocycles. The van der Waals surface area contributed by atoms with Crippen LogP contribution in [0.1, 0.15) is 72.6 Å². The lowest BCUT2D eigenvalue weighted by Crippen LogP contribution is -2.59. The highest BCUT2D eigenvalue weighted by Gasteiger charge is 2.75. The number of nitrogens with zero attached hydrogens (tertiary/aromatic N) is 2. The van der Waals surface area contributed by atoms with Crippen molar-refractivity contribution in [3.8, 4) is 0 Å². The molecule has 2 bridgehead atoms. The van der Waals surface area contributed by atoms with Crippen molar-refractivity contribution >= 4 is 29.5 Å². The van der Waals surface area contributed by atoms with Gasteiger partial charge in [-0.15, -0.1) is 24.9 Å². The third-order valence-corrected chi connectivity index (χ3v) is 10.4. The number of rotatable bonds is 15. The summed E-state index contributed by atoms with van der Waals surface area (Å²) >= 11 is 1.65. The van der Waals surface area contributed by atoms with E-state index in [4.69, 9.17) is 4.74 Å². The molecule has 8 heteroatoms. The van der Waals surface area contributed by atoms with E-state index in [0.29, 0.717) is 19.6 Å². The summed E-state index contributed by atoms with van der Waals surface area (Å²) in [6, 6.07) is -1.22. The van der Waals surface area contributed by atoms with E-state index < -0.39 is 28.7 Å². The average Bonchev–Trinajstić information content (AvgIpc) is 3.50. The second kappa shape index (κ2) is 12.8. The van der Waals surface area contributed by atoms with Gasteiger partial charge in [-0.25, -0.2) is 0 Å². The van der Waals surface area contributed by atoms with Crippen LogP contribution in [0.4, 0.5) is 0 Å². The fourth-order valence-corrected chi connectivity index (χ4v) is 8.82. The number of carbonyl (C=O) groups excluding carboxylic acids is 3. The van der Waals surface area contributed by atoms with Gasteiger partial charge in [0, 0.05) is 17.8 Å². The van der Waals surface area contributed by atoms with Crippen LogP contribution < -0.4 is 0 Å². The van der Waals surface area contributed by atoms with Gasteiger partial charge in [-0.05, 0) is 51.4 Å². The minimum atomic E-state index is -0.718. The largest absolute Gasteiger partial charge is 0.465 e. The van der Waals surface area contributed by atoms with Crippen molar-refractivity contribution in [2.24, 2.45) is 17.8 Å². The van der Waals surface area contributed by atoms with E-state index in [9.17, 15) is 19.5 Å². The number of hydrogen-bond acceptors (Lipinski definition) is 6. The molecule has 208 valence electrons. The summed E-state index contributed by atoms with van der Waals surface area (Å²) in [7, 11) is 0. The van der Waals surface area contributed by atoms with Crippen molar-refractivity contribution in [3.63, 3.8) is 0 Å². The number of aliphatic hydroxyl groups excluding tert-OH is 1. The number of likely N-dealkylation sites (tertiary alicyclic amines) is 1. The first kappa shape index (κ1) is 29.8. The number of unbranched alkanes of at least 4 members (excludes halogenated alkanes) is 2. The van der Waals surface area contributed by atoms with E-state index in [-0.39, 0.29) is 41.6 Å². The molecule has 7 nitrogen and oxygen atoms in total. The monoisotopic (exact) mass is 534 g/mol. The summed E-state index contributed by atoms with van der Waals surface area (Å²) in [4.78, 5) is 45.4. The van der Waals surface area contributed by atoms with Crippen molar-refractivity contribution in [2.45, 2.75) is 101 Å². The van der Waals surface area contributed by atoms with E-state index in [1.54, 1.807) is 22.7 Å². The summed E-state index contributed by atoms with van der Waals surface area (Å²) in [6.07, 6.45) is 9.38. The maximum atomic E-state index is 14.4. The molecule has 3 heterocycles. The molecule has 2 amide bonds. The molecule has 1 N–H and O–H groups in total. The lowest BCUT2D eigenvalue weighted by molar-refractivity contribution is -0.155. The predicted molar refractivity (Wildman–Crippen MR) is 148 cm³/mol. The molecule has 0 radical (unpaired) electrons. The van der Waals surface area contributed by atoms with Crippen molar-refractivity contribution < 1.29 is 24.2 Å². The first-order chi connectivity index (χ1) is 17.7. The van der Waals surface area contributed by atoms with E-state index in [1.807, 2.05) is 31.7 Å². The van der Waals surface area contributed by atoms with Gasteiger partial charge in [-0.2, -0.15) is 0 Å². The fraction of sp³-hybridized carbons (Fsp3) is 0.759. The third-order valence-electron chi connectivity index (χ3n) is 8.45. The summed E-state index contributed by atoms with van der Waals surface area (Å²) in [5, 5.41) is 10.3. The quantitative estimate of drug-likeness (QED) is 0.193. The van der Waals surface area contributed by atoms with Gasteiger partial charge in [-0.3, -0.25) is 14.4 Å². The molecule has 0 aromatic heterocycles. The van der Waals surface area contributed by atoms with Gasteiger partial charge in [0.25, 0.3) is 0 Å². The van der Waals surface area contributed by atoms with Gasteiger partial charge in [-0.1, -0.05) is 39.3 Å². The lowest BCUT2D eigenvalue weighted by Gasteiger charge is -2.42. The lowest BCUT2D eigenvalue weighted by atomic mass is 9.71. The number of ether oxygens (including phenoxy) is 1. The van der Waals surface area contributed by atoms with Crippen LogP contribution in [0.5, 0.6) is 0 Å². The maximum Gasteiger partial charge on any atom is 0.310 e. The van der Waals surface area contributed by atoms with Crippen LogP contribution in [0, 0.1) is 17.8 Å². The summed E-state index contributed by atoms with van der Waals surface area (Å²) in [5.74, 6) is -1.81. The van der Waals surface area contributed by atoms with Gasteiger partial charge < -0.3 is 19.6 Å². The second-order valence-electron chi connectivity index (χ2n) is 11.2. The van der Waals surface area contributed by atoms with Crippen molar-refractivity contribution in [3.05, 3.63) is 25.3 Å². The minimum Gasteiger partial charge on any atom is -0.465 e. The number of aliphatic hydroxyl groups is 1. The normalized spacial score (nSPS) is 29.8. The molecule has 0 aromatic rings. The summed E-state index contributed by atoms with van der Waals surface area (Å²) < 4.78 is 5.00. The Labute approximate surface area is 227 Å². The zero-order chi connectivity index (χ0) is 27.3. The van der Waals surface area contributed by atoms with Gasteiger partial charge in [0.15, 0.2) is 0 Å². The molecule has 3 rings (SSSR count). The second-order valence-corrected chi connectivity index (χ2v) is 12.8. The first-order valence-corrected chi connectivity index (χ1v) is 14.9. The third kappa shape index (κ3) is 5.51. The Morgan fingerprint density at radius 2 is 2.00 bits per heavy atom. The van der Waals surface area contributed by atoms with Crippen LogP contribution in [-0.4, -0.2) is 80.6 Å². The van der Waals surface area contributed by atoms with Crippen LogP contribution in [0.3, 0.4) is 0 Å². The first-order valence-electron chi connectivity index (χ1n) is 14.0. The van der Waals surface area contributed by atoms with E-state index >= 15 is 0 Å². The Balaban J connectivity index is 1.98. The summed E-state index contributed by atoms with van der Waals surface area (Å²) in [6.45, 7) is 16.2. The zero-order valence-electron chi connectivity index (χ0n) is 23.1. The molecule has 3 aliphatic rings. The van der Waals surface area contributed by atoms with E-state index in [0.717, 1.165) is 38.5 Å². The Morgan fingerprint density at radius 1 is 1.27 bits per heavy atom. The van der Waals surface area contributed by atoms with E-state index in [2.05, 4.69) is 20.1 Å². The molecule has 37 heavy (non-hydrogen) atoms.